The molecule has 0 amide bonds. The summed E-state index contributed by atoms with van der Waals surface area (Å²) in [5.41, 5.74) is 2.26. The Morgan fingerprint density at radius 3 is 2.89 bits per heavy atom. The van der Waals surface area contributed by atoms with Gasteiger partial charge in [-0.1, -0.05) is 0 Å². The second-order valence-corrected chi connectivity index (χ2v) is 5.60. The molecule has 0 aromatic carbocycles. The van der Waals surface area contributed by atoms with Gasteiger partial charge in [-0.25, -0.2) is 9.50 Å². The molecule has 0 aliphatic carbocycles. The van der Waals surface area contributed by atoms with Crippen LogP contribution in [-0.4, -0.2) is 32.1 Å². The molecule has 0 spiro atoms. The van der Waals surface area contributed by atoms with Gasteiger partial charge in [0.25, 0.3) is 0 Å². The van der Waals surface area contributed by atoms with Gasteiger partial charge in [0.1, 0.15) is 0 Å². The van der Waals surface area contributed by atoms with Crippen LogP contribution in [-0.2, 0) is 5.54 Å². The van der Waals surface area contributed by atoms with Crippen molar-refractivity contribution in [2.75, 3.05) is 6.54 Å². The topological polar surface area (TPSA) is 33.4 Å². The van der Waals surface area contributed by atoms with Gasteiger partial charge in [-0.3, -0.25) is 4.90 Å². The third-order valence-corrected chi connectivity index (χ3v) is 4.16. The maximum atomic E-state index is 4.43. The molecule has 2 aromatic rings. The molecule has 0 saturated carbocycles. The van der Waals surface area contributed by atoms with Gasteiger partial charge in [0, 0.05) is 18.3 Å². The fraction of sp³-hybridized carbons (Fsp3) is 0.571. The van der Waals surface area contributed by atoms with Crippen LogP contribution in [0.25, 0.3) is 5.65 Å². The van der Waals surface area contributed by atoms with E-state index in [2.05, 4.69) is 41.8 Å². The largest absolute Gasteiger partial charge is 0.290 e. The third-order valence-electron chi connectivity index (χ3n) is 4.16. The SMILES string of the molecule is CC(C)N1CCC[C@@]1(C)c1ccnc2ccnn12. The fourth-order valence-corrected chi connectivity index (χ4v) is 3.33. The zero-order valence-electron chi connectivity index (χ0n) is 11.3. The van der Waals surface area contributed by atoms with Crippen LogP contribution in [0.2, 0.25) is 0 Å². The summed E-state index contributed by atoms with van der Waals surface area (Å²) in [6, 6.07) is 4.62. The van der Waals surface area contributed by atoms with Gasteiger partial charge in [-0.05, 0) is 46.2 Å². The second kappa shape index (κ2) is 4.05. The zero-order chi connectivity index (χ0) is 12.8. The summed E-state index contributed by atoms with van der Waals surface area (Å²) in [5.74, 6) is 0. The molecule has 3 rings (SSSR count). The Bertz CT molecular complexity index is 560. The first-order valence-corrected chi connectivity index (χ1v) is 6.69. The number of nitrogens with zero attached hydrogens (tertiary/aromatic N) is 4. The lowest BCUT2D eigenvalue weighted by Gasteiger charge is -2.38. The van der Waals surface area contributed by atoms with Crippen LogP contribution >= 0.6 is 0 Å². The molecule has 4 nitrogen and oxygen atoms in total. The summed E-state index contributed by atoms with van der Waals surface area (Å²) in [6.07, 6.45) is 6.15. The van der Waals surface area contributed by atoms with Crippen LogP contribution < -0.4 is 0 Å². The molecular formula is C14H20N4. The first-order valence-electron chi connectivity index (χ1n) is 6.69. The van der Waals surface area contributed by atoms with Crippen LogP contribution in [0.15, 0.2) is 24.5 Å². The summed E-state index contributed by atoms with van der Waals surface area (Å²) in [6.45, 7) is 8.03. The van der Waals surface area contributed by atoms with Crippen molar-refractivity contribution in [3.05, 3.63) is 30.2 Å². The van der Waals surface area contributed by atoms with Crippen molar-refractivity contribution < 1.29 is 0 Å². The molecule has 1 aliphatic heterocycles. The third kappa shape index (κ3) is 1.56. The average molecular weight is 244 g/mol. The lowest BCUT2D eigenvalue weighted by molar-refractivity contribution is 0.111. The molecule has 0 N–H and O–H groups in total. The van der Waals surface area contributed by atoms with Gasteiger partial charge in [-0.2, -0.15) is 5.10 Å². The second-order valence-electron chi connectivity index (χ2n) is 5.60. The van der Waals surface area contributed by atoms with Gasteiger partial charge in [0.2, 0.25) is 0 Å². The van der Waals surface area contributed by atoms with E-state index in [0.29, 0.717) is 6.04 Å². The van der Waals surface area contributed by atoms with Crippen molar-refractivity contribution >= 4 is 5.65 Å². The van der Waals surface area contributed by atoms with Crippen molar-refractivity contribution in [2.24, 2.45) is 0 Å². The smallest absolute Gasteiger partial charge is 0.155 e. The van der Waals surface area contributed by atoms with Gasteiger partial charge < -0.3 is 0 Å². The Labute approximate surface area is 108 Å². The lowest BCUT2D eigenvalue weighted by Crippen LogP contribution is -2.44. The first-order chi connectivity index (χ1) is 8.63. The minimum atomic E-state index is 0.0708. The Balaban J connectivity index is 2.15. The molecule has 1 aliphatic rings. The Morgan fingerprint density at radius 1 is 1.28 bits per heavy atom. The van der Waals surface area contributed by atoms with Gasteiger partial charge in [0.15, 0.2) is 5.65 Å². The first kappa shape index (κ1) is 11.7. The van der Waals surface area contributed by atoms with Crippen molar-refractivity contribution in [2.45, 2.75) is 45.2 Å². The number of fused-ring (bicyclic) bond motifs is 1. The van der Waals surface area contributed by atoms with Crippen molar-refractivity contribution in [1.82, 2.24) is 19.5 Å². The quantitative estimate of drug-likeness (QED) is 0.813. The minimum absolute atomic E-state index is 0.0708. The molecule has 0 radical (unpaired) electrons. The number of hydrogen-bond donors (Lipinski definition) is 0. The molecule has 1 saturated heterocycles. The summed E-state index contributed by atoms with van der Waals surface area (Å²) in [4.78, 5) is 6.93. The van der Waals surface area contributed by atoms with E-state index in [9.17, 15) is 0 Å². The molecule has 3 heterocycles. The standard InChI is InChI=1S/C14H20N4/c1-11(2)17-10-4-7-14(17,3)12-5-8-15-13-6-9-16-18(12)13/h5-6,8-9,11H,4,7,10H2,1-3H3/t14-/m0/s1. The molecule has 96 valence electrons. The number of aromatic nitrogens is 3. The molecule has 4 heteroatoms. The normalized spacial score (nSPS) is 25.3. The van der Waals surface area contributed by atoms with Crippen molar-refractivity contribution in [3.8, 4) is 0 Å². The number of rotatable bonds is 2. The van der Waals surface area contributed by atoms with Crippen LogP contribution in [0.5, 0.6) is 0 Å². The van der Waals surface area contributed by atoms with Crippen LogP contribution in [0.4, 0.5) is 0 Å². The predicted molar refractivity (Wildman–Crippen MR) is 71.4 cm³/mol. The van der Waals surface area contributed by atoms with E-state index in [0.717, 1.165) is 5.65 Å². The lowest BCUT2D eigenvalue weighted by atomic mass is 9.93. The van der Waals surface area contributed by atoms with Gasteiger partial charge in [0.05, 0.1) is 17.4 Å². The van der Waals surface area contributed by atoms with E-state index in [1.165, 1.54) is 25.1 Å². The van der Waals surface area contributed by atoms with E-state index in [-0.39, 0.29) is 5.54 Å². The Hall–Kier alpha value is -1.42. The van der Waals surface area contributed by atoms with E-state index in [4.69, 9.17) is 0 Å². The van der Waals surface area contributed by atoms with Crippen LogP contribution in [0.3, 0.4) is 0 Å². The predicted octanol–water partition coefficient (Wildman–Crippen LogP) is 2.45. The Morgan fingerprint density at radius 2 is 2.11 bits per heavy atom. The van der Waals surface area contributed by atoms with Gasteiger partial charge in [-0.15, -0.1) is 0 Å². The molecule has 1 fully saturated rings. The van der Waals surface area contributed by atoms with Gasteiger partial charge >= 0.3 is 0 Å². The average Bonchev–Trinajstić information content (AvgIpc) is 2.94. The molecule has 18 heavy (non-hydrogen) atoms. The molecular weight excluding hydrogens is 224 g/mol. The summed E-state index contributed by atoms with van der Waals surface area (Å²) < 4.78 is 1.99. The Kier molecular flexibility index (Phi) is 2.63. The highest BCUT2D eigenvalue weighted by Gasteiger charge is 2.41. The highest BCUT2D eigenvalue weighted by Crippen LogP contribution is 2.39. The van der Waals surface area contributed by atoms with Crippen LogP contribution in [0.1, 0.15) is 39.3 Å². The zero-order valence-corrected chi connectivity index (χ0v) is 11.3. The summed E-state index contributed by atoms with van der Waals surface area (Å²) in [7, 11) is 0. The van der Waals surface area contributed by atoms with Crippen molar-refractivity contribution in [3.63, 3.8) is 0 Å². The highest BCUT2D eigenvalue weighted by atomic mass is 15.3. The number of hydrogen-bond acceptors (Lipinski definition) is 3. The maximum Gasteiger partial charge on any atom is 0.155 e. The van der Waals surface area contributed by atoms with E-state index < -0.39 is 0 Å². The maximum absolute atomic E-state index is 4.43. The number of likely N-dealkylation sites (tertiary alicyclic amines) is 1. The van der Waals surface area contributed by atoms with E-state index in [1.54, 1.807) is 0 Å². The molecule has 2 aromatic heterocycles. The van der Waals surface area contributed by atoms with E-state index >= 15 is 0 Å². The fourth-order valence-electron chi connectivity index (χ4n) is 3.33. The monoisotopic (exact) mass is 244 g/mol. The summed E-state index contributed by atoms with van der Waals surface area (Å²) in [5, 5.41) is 4.43. The molecule has 0 unspecified atom stereocenters. The van der Waals surface area contributed by atoms with Crippen LogP contribution in [0, 0.1) is 0 Å². The highest BCUT2D eigenvalue weighted by molar-refractivity contribution is 5.38. The molecule has 0 bridgehead atoms. The summed E-state index contributed by atoms with van der Waals surface area (Å²) >= 11 is 0. The molecule has 1 atom stereocenters. The van der Waals surface area contributed by atoms with Crippen molar-refractivity contribution in [1.29, 1.82) is 0 Å². The van der Waals surface area contributed by atoms with E-state index in [1.807, 2.05) is 23.0 Å². The minimum Gasteiger partial charge on any atom is -0.290 e.